The molecular formula is C15H21NO2. The summed E-state index contributed by atoms with van der Waals surface area (Å²) < 4.78 is 12.0. The van der Waals surface area contributed by atoms with Gasteiger partial charge < -0.3 is 14.8 Å². The molecule has 0 radical (unpaired) electrons. The molecule has 3 rings (SSSR count). The Morgan fingerprint density at radius 3 is 2.89 bits per heavy atom. The van der Waals surface area contributed by atoms with Crippen molar-refractivity contribution in [1.29, 1.82) is 0 Å². The molecule has 2 heterocycles. The zero-order valence-corrected chi connectivity index (χ0v) is 11.4. The van der Waals surface area contributed by atoms with Crippen LogP contribution in [0.4, 0.5) is 0 Å². The van der Waals surface area contributed by atoms with E-state index in [9.17, 15) is 0 Å². The lowest BCUT2D eigenvalue weighted by molar-refractivity contribution is 0.132. The van der Waals surface area contributed by atoms with E-state index in [-0.39, 0.29) is 5.60 Å². The summed E-state index contributed by atoms with van der Waals surface area (Å²) >= 11 is 0. The normalized spacial score (nSPS) is 24.5. The van der Waals surface area contributed by atoms with Crippen LogP contribution >= 0.6 is 0 Å². The Bertz CT molecular complexity index is 468. The maximum Gasteiger partial charge on any atom is 0.166 e. The van der Waals surface area contributed by atoms with Gasteiger partial charge in [-0.2, -0.15) is 0 Å². The fourth-order valence-electron chi connectivity index (χ4n) is 2.98. The lowest BCUT2D eigenvalue weighted by Gasteiger charge is -2.20. The zero-order chi connectivity index (χ0) is 12.8. The van der Waals surface area contributed by atoms with Crippen LogP contribution in [0.5, 0.6) is 11.5 Å². The summed E-state index contributed by atoms with van der Waals surface area (Å²) in [5.74, 6) is 1.94. The summed E-state index contributed by atoms with van der Waals surface area (Å²) in [5.41, 5.74) is 2.41. The minimum absolute atomic E-state index is 0.109. The van der Waals surface area contributed by atoms with Crippen LogP contribution < -0.4 is 14.8 Å². The number of fused-ring (bicyclic) bond motifs is 3. The summed E-state index contributed by atoms with van der Waals surface area (Å²) in [6.45, 7) is 5.04. The molecule has 3 heteroatoms. The van der Waals surface area contributed by atoms with Gasteiger partial charge in [-0.15, -0.1) is 0 Å². The zero-order valence-electron chi connectivity index (χ0n) is 11.4. The molecule has 1 atom stereocenters. The fraction of sp³-hybridized carbons (Fsp3) is 0.600. The smallest absolute Gasteiger partial charge is 0.166 e. The molecule has 2 aliphatic heterocycles. The van der Waals surface area contributed by atoms with Gasteiger partial charge in [-0.3, -0.25) is 0 Å². The van der Waals surface area contributed by atoms with Crippen molar-refractivity contribution in [2.45, 2.75) is 44.8 Å². The minimum Gasteiger partial charge on any atom is -0.489 e. The van der Waals surface area contributed by atoms with Gasteiger partial charge in [0.05, 0.1) is 6.61 Å². The monoisotopic (exact) mass is 247 g/mol. The second kappa shape index (κ2) is 4.16. The lowest BCUT2D eigenvalue weighted by Crippen LogP contribution is -2.24. The molecule has 0 saturated heterocycles. The van der Waals surface area contributed by atoms with Gasteiger partial charge in [0.2, 0.25) is 0 Å². The van der Waals surface area contributed by atoms with Gasteiger partial charge in [0.1, 0.15) is 5.60 Å². The summed E-state index contributed by atoms with van der Waals surface area (Å²) in [7, 11) is 2.01. The average Bonchev–Trinajstić information content (AvgIpc) is 2.53. The molecule has 0 amide bonds. The van der Waals surface area contributed by atoms with E-state index in [1.807, 2.05) is 7.05 Å². The number of nitrogens with one attached hydrogen (secondary N) is 1. The molecule has 0 fully saturated rings. The molecule has 1 aromatic rings. The first kappa shape index (κ1) is 11.8. The van der Waals surface area contributed by atoms with E-state index in [0.717, 1.165) is 37.4 Å². The van der Waals surface area contributed by atoms with Gasteiger partial charge in [0, 0.05) is 23.6 Å². The Balaban J connectivity index is 2.08. The third kappa shape index (κ3) is 1.87. The molecule has 0 aliphatic carbocycles. The van der Waals surface area contributed by atoms with Gasteiger partial charge in [0.15, 0.2) is 11.5 Å². The second-order valence-electron chi connectivity index (χ2n) is 5.84. The van der Waals surface area contributed by atoms with E-state index in [1.165, 1.54) is 11.1 Å². The third-order valence-corrected chi connectivity index (χ3v) is 3.83. The summed E-state index contributed by atoms with van der Waals surface area (Å²) in [5, 5.41) is 3.38. The number of hydrogen-bond donors (Lipinski definition) is 1. The molecule has 3 nitrogen and oxygen atoms in total. The van der Waals surface area contributed by atoms with Crippen molar-refractivity contribution in [3.8, 4) is 11.5 Å². The predicted molar refractivity (Wildman–Crippen MR) is 71.4 cm³/mol. The van der Waals surface area contributed by atoms with Crippen molar-refractivity contribution in [3.05, 3.63) is 23.3 Å². The summed E-state index contributed by atoms with van der Waals surface area (Å²) in [4.78, 5) is 0. The fourth-order valence-corrected chi connectivity index (χ4v) is 2.98. The largest absolute Gasteiger partial charge is 0.489 e. The van der Waals surface area contributed by atoms with Crippen molar-refractivity contribution >= 4 is 0 Å². The standard InChI is InChI=1S/C15H21NO2/c1-15(2)9-10-6-7-11-12(16-3)5-4-8-17-14(11)13(10)18-15/h6-7,12,16H,4-5,8-9H2,1-3H3. The summed E-state index contributed by atoms with van der Waals surface area (Å²) in [6, 6.07) is 4.77. The Morgan fingerprint density at radius 2 is 2.11 bits per heavy atom. The topological polar surface area (TPSA) is 30.5 Å². The van der Waals surface area contributed by atoms with Crippen LogP contribution in [0, 0.1) is 0 Å². The third-order valence-electron chi connectivity index (χ3n) is 3.83. The Labute approximate surface area is 108 Å². The number of rotatable bonds is 1. The highest BCUT2D eigenvalue weighted by atomic mass is 16.5. The SMILES string of the molecule is CNC1CCCOc2c1ccc1c2OC(C)(C)C1. The maximum absolute atomic E-state index is 6.09. The molecule has 1 N–H and O–H groups in total. The first-order valence-electron chi connectivity index (χ1n) is 6.75. The highest BCUT2D eigenvalue weighted by Gasteiger charge is 2.35. The van der Waals surface area contributed by atoms with E-state index >= 15 is 0 Å². The Morgan fingerprint density at radius 1 is 1.28 bits per heavy atom. The van der Waals surface area contributed by atoms with Crippen LogP contribution in [0.25, 0.3) is 0 Å². The van der Waals surface area contributed by atoms with Crippen LogP contribution in [0.2, 0.25) is 0 Å². The minimum atomic E-state index is -0.109. The van der Waals surface area contributed by atoms with Gasteiger partial charge >= 0.3 is 0 Å². The van der Waals surface area contributed by atoms with Crippen molar-refractivity contribution < 1.29 is 9.47 Å². The predicted octanol–water partition coefficient (Wildman–Crippen LogP) is 2.83. The molecule has 0 aromatic heterocycles. The number of ether oxygens (including phenoxy) is 2. The van der Waals surface area contributed by atoms with E-state index in [4.69, 9.17) is 9.47 Å². The first-order valence-corrected chi connectivity index (χ1v) is 6.75. The average molecular weight is 247 g/mol. The lowest BCUT2D eigenvalue weighted by atomic mass is 9.97. The van der Waals surface area contributed by atoms with Crippen molar-refractivity contribution in [1.82, 2.24) is 5.32 Å². The number of hydrogen-bond acceptors (Lipinski definition) is 3. The molecule has 18 heavy (non-hydrogen) atoms. The van der Waals surface area contributed by atoms with Gasteiger partial charge in [0.25, 0.3) is 0 Å². The highest BCUT2D eigenvalue weighted by molar-refractivity contribution is 5.56. The van der Waals surface area contributed by atoms with Gasteiger partial charge in [-0.1, -0.05) is 12.1 Å². The second-order valence-corrected chi connectivity index (χ2v) is 5.84. The molecule has 0 saturated carbocycles. The molecular weight excluding hydrogens is 226 g/mol. The first-order chi connectivity index (χ1) is 8.61. The van der Waals surface area contributed by atoms with Gasteiger partial charge in [-0.25, -0.2) is 0 Å². The van der Waals surface area contributed by atoms with Crippen LogP contribution in [0.1, 0.15) is 43.9 Å². The van der Waals surface area contributed by atoms with E-state index < -0.39 is 0 Å². The van der Waals surface area contributed by atoms with Gasteiger partial charge in [-0.05, 0) is 33.7 Å². The molecule has 0 bridgehead atoms. The van der Waals surface area contributed by atoms with Crippen molar-refractivity contribution in [2.24, 2.45) is 0 Å². The highest BCUT2D eigenvalue weighted by Crippen LogP contribution is 2.47. The molecule has 1 aromatic carbocycles. The molecule has 98 valence electrons. The van der Waals surface area contributed by atoms with Crippen molar-refractivity contribution in [3.63, 3.8) is 0 Å². The molecule has 0 spiro atoms. The van der Waals surface area contributed by atoms with E-state index in [2.05, 4.69) is 31.3 Å². The Kier molecular flexibility index (Phi) is 2.74. The van der Waals surface area contributed by atoms with Crippen molar-refractivity contribution in [2.75, 3.05) is 13.7 Å². The number of benzene rings is 1. The van der Waals surface area contributed by atoms with Crippen LogP contribution in [0.3, 0.4) is 0 Å². The van der Waals surface area contributed by atoms with Crippen LogP contribution in [-0.4, -0.2) is 19.3 Å². The van der Waals surface area contributed by atoms with Crippen LogP contribution in [-0.2, 0) is 6.42 Å². The van der Waals surface area contributed by atoms with E-state index in [1.54, 1.807) is 0 Å². The maximum atomic E-state index is 6.09. The summed E-state index contributed by atoms with van der Waals surface area (Å²) in [6.07, 6.45) is 3.16. The quantitative estimate of drug-likeness (QED) is 0.827. The van der Waals surface area contributed by atoms with Crippen LogP contribution in [0.15, 0.2) is 12.1 Å². The molecule has 1 unspecified atom stereocenters. The van der Waals surface area contributed by atoms with E-state index in [0.29, 0.717) is 6.04 Å². The Hall–Kier alpha value is -1.22. The molecule has 2 aliphatic rings.